The predicted octanol–water partition coefficient (Wildman–Crippen LogP) is 3.61. The average Bonchev–Trinajstić information content (AvgIpc) is 2.81. The fraction of sp³-hybridized carbons (Fsp3) is 0.636. The molecule has 7 heteroatoms. The summed E-state index contributed by atoms with van der Waals surface area (Å²) in [4.78, 5) is 6.90. The van der Waals surface area contributed by atoms with Crippen molar-refractivity contribution in [3.63, 3.8) is 0 Å². The van der Waals surface area contributed by atoms with Gasteiger partial charge in [-0.15, -0.1) is 0 Å². The van der Waals surface area contributed by atoms with Crippen LogP contribution in [0.4, 0.5) is 19.0 Å². The summed E-state index contributed by atoms with van der Waals surface area (Å²) in [7, 11) is 0. The van der Waals surface area contributed by atoms with Gasteiger partial charge in [0.15, 0.2) is 5.69 Å². The molecule has 1 atom stereocenters. The third-order valence-corrected chi connectivity index (χ3v) is 3.41. The summed E-state index contributed by atoms with van der Waals surface area (Å²) < 4.78 is 37.5. The molecule has 0 aliphatic heterocycles. The van der Waals surface area contributed by atoms with E-state index in [1.54, 1.807) is 0 Å². The van der Waals surface area contributed by atoms with E-state index in [1.165, 1.54) is 0 Å². The lowest BCUT2D eigenvalue weighted by Crippen LogP contribution is -2.13. The molecular weight excluding hydrogens is 267 g/mol. The van der Waals surface area contributed by atoms with Gasteiger partial charge in [0, 0.05) is 12.6 Å². The van der Waals surface area contributed by atoms with E-state index in [-0.39, 0.29) is 11.2 Å². The number of hydrogen-bond donors (Lipinski definition) is 1. The van der Waals surface area contributed by atoms with Gasteiger partial charge in [-0.25, -0.2) is 9.97 Å². The molecule has 0 aromatic carbocycles. The lowest BCUT2D eigenvalue weighted by Gasteiger charge is -2.10. The fourth-order valence-corrected chi connectivity index (χ4v) is 1.99. The predicted molar refractivity (Wildman–Crippen MR) is 62.4 cm³/mol. The minimum atomic E-state index is -4.51. The van der Waals surface area contributed by atoms with E-state index in [4.69, 9.17) is 11.6 Å². The van der Waals surface area contributed by atoms with Crippen LogP contribution in [0, 0.1) is 11.3 Å². The molecule has 1 N–H and O–H groups in total. The van der Waals surface area contributed by atoms with Crippen molar-refractivity contribution in [2.24, 2.45) is 11.3 Å². The first-order valence-corrected chi connectivity index (χ1v) is 5.92. The van der Waals surface area contributed by atoms with Crippen LogP contribution < -0.4 is 5.32 Å². The van der Waals surface area contributed by atoms with Crippen molar-refractivity contribution >= 4 is 17.4 Å². The molecule has 1 heterocycles. The molecule has 18 heavy (non-hydrogen) atoms. The third-order valence-electron chi connectivity index (χ3n) is 3.24. The van der Waals surface area contributed by atoms with Crippen LogP contribution in [0.3, 0.4) is 0 Å². The Morgan fingerprint density at radius 3 is 2.56 bits per heavy atom. The lowest BCUT2D eigenvalue weighted by atomic mass is 10.1. The Labute approximate surface area is 108 Å². The van der Waals surface area contributed by atoms with Crippen LogP contribution in [0.25, 0.3) is 0 Å². The second-order valence-electron chi connectivity index (χ2n) is 5.18. The Balaban J connectivity index is 2.07. The van der Waals surface area contributed by atoms with Gasteiger partial charge in [0.25, 0.3) is 0 Å². The normalized spacial score (nSPS) is 21.8. The van der Waals surface area contributed by atoms with Gasteiger partial charge in [0.05, 0.1) is 0 Å². The highest BCUT2D eigenvalue weighted by Gasteiger charge is 2.45. The van der Waals surface area contributed by atoms with E-state index in [2.05, 4.69) is 29.1 Å². The van der Waals surface area contributed by atoms with Crippen LogP contribution >= 0.6 is 11.6 Å². The zero-order valence-electron chi connectivity index (χ0n) is 9.98. The van der Waals surface area contributed by atoms with E-state index in [1.807, 2.05) is 0 Å². The molecule has 0 spiro atoms. The van der Waals surface area contributed by atoms with E-state index in [0.717, 1.165) is 12.5 Å². The first-order valence-electron chi connectivity index (χ1n) is 5.54. The number of nitrogens with one attached hydrogen (secondary N) is 1. The van der Waals surface area contributed by atoms with Crippen molar-refractivity contribution in [1.29, 1.82) is 0 Å². The van der Waals surface area contributed by atoms with Crippen LogP contribution in [0.5, 0.6) is 0 Å². The molecule has 0 radical (unpaired) electrons. The van der Waals surface area contributed by atoms with Gasteiger partial charge in [-0.3, -0.25) is 0 Å². The fourth-order valence-electron chi connectivity index (χ4n) is 1.81. The number of alkyl halides is 3. The Morgan fingerprint density at radius 1 is 1.44 bits per heavy atom. The second kappa shape index (κ2) is 4.26. The number of nitrogens with zero attached hydrogens (tertiary/aromatic N) is 2. The van der Waals surface area contributed by atoms with Gasteiger partial charge < -0.3 is 5.32 Å². The SMILES string of the molecule is CC1(C)CC1CNc1cc(C(F)(F)F)nc(Cl)n1. The second-order valence-corrected chi connectivity index (χ2v) is 5.51. The first kappa shape index (κ1) is 13.4. The topological polar surface area (TPSA) is 37.8 Å². The summed E-state index contributed by atoms with van der Waals surface area (Å²) in [5, 5.41) is 2.48. The minimum absolute atomic E-state index is 0.116. The molecule has 3 nitrogen and oxygen atoms in total. The Morgan fingerprint density at radius 2 is 2.06 bits per heavy atom. The molecule has 0 amide bonds. The zero-order chi connectivity index (χ0) is 13.6. The van der Waals surface area contributed by atoms with Crippen molar-refractivity contribution in [3.05, 3.63) is 17.0 Å². The zero-order valence-corrected chi connectivity index (χ0v) is 10.7. The van der Waals surface area contributed by atoms with E-state index < -0.39 is 17.2 Å². The number of rotatable bonds is 3. The van der Waals surface area contributed by atoms with Crippen molar-refractivity contribution in [1.82, 2.24) is 9.97 Å². The van der Waals surface area contributed by atoms with Crippen LogP contribution in [-0.4, -0.2) is 16.5 Å². The van der Waals surface area contributed by atoms with Crippen molar-refractivity contribution in [2.75, 3.05) is 11.9 Å². The standard InChI is InChI=1S/C11H13ClF3N3/c1-10(2)4-6(10)5-16-8-3-7(11(13,14)15)17-9(12)18-8/h3,6H,4-5H2,1-2H3,(H,16,17,18). The number of hydrogen-bond acceptors (Lipinski definition) is 3. The molecule has 0 saturated heterocycles. The van der Waals surface area contributed by atoms with Crippen molar-refractivity contribution in [2.45, 2.75) is 26.4 Å². The van der Waals surface area contributed by atoms with Gasteiger partial charge in [0.1, 0.15) is 5.82 Å². The summed E-state index contributed by atoms with van der Waals surface area (Å²) in [6.45, 7) is 4.83. The largest absolute Gasteiger partial charge is 0.433 e. The Kier molecular flexibility index (Phi) is 3.17. The molecule has 1 aromatic rings. The molecule has 1 fully saturated rings. The highest BCUT2D eigenvalue weighted by Crippen LogP contribution is 2.51. The van der Waals surface area contributed by atoms with Gasteiger partial charge in [-0.05, 0) is 29.4 Å². The first-order chi connectivity index (χ1) is 8.18. The summed E-state index contributed by atoms with van der Waals surface area (Å²) in [6.07, 6.45) is -3.45. The van der Waals surface area contributed by atoms with E-state index in [9.17, 15) is 13.2 Å². The maximum atomic E-state index is 12.5. The maximum absolute atomic E-state index is 12.5. The van der Waals surface area contributed by atoms with Gasteiger partial charge in [-0.1, -0.05) is 13.8 Å². The monoisotopic (exact) mass is 279 g/mol. The van der Waals surface area contributed by atoms with Crippen molar-refractivity contribution < 1.29 is 13.2 Å². The molecule has 1 aliphatic carbocycles. The van der Waals surface area contributed by atoms with E-state index >= 15 is 0 Å². The quantitative estimate of drug-likeness (QED) is 0.859. The van der Waals surface area contributed by atoms with Gasteiger partial charge >= 0.3 is 6.18 Å². The van der Waals surface area contributed by atoms with Crippen LogP contribution in [-0.2, 0) is 6.18 Å². The number of anilines is 1. The smallest absolute Gasteiger partial charge is 0.370 e. The molecule has 1 aliphatic rings. The highest BCUT2D eigenvalue weighted by molar-refractivity contribution is 6.28. The Hall–Kier alpha value is -1.04. The molecule has 2 rings (SSSR count). The van der Waals surface area contributed by atoms with Crippen LogP contribution in [0.15, 0.2) is 6.07 Å². The van der Waals surface area contributed by atoms with Gasteiger partial charge in [-0.2, -0.15) is 13.2 Å². The number of aromatic nitrogens is 2. The van der Waals surface area contributed by atoms with Crippen LogP contribution in [0.1, 0.15) is 26.0 Å². The molecule has 1 saturated carbocycles. The maximum Gasteiger partial charge on any atom is 0.433 e. The summed E-state index contributed by atoms with van der Waals surface area (Å²) in [5.41, 5.74) is -0.767. The van der Waals surface area contributed by atoms with Crippen LogP contribution in [0.2, 0.25) is 5.28 Å². The Bertz CT molecular complexity index is 459. The molecular formula is C11H13ClF3N3. The molecule has 0 bridgehead atoms. The lowest BCUT2D eigenvalue weighted by molar-refractivity contribution is -0.141. The molecule has 100 valence electrons. The average molecular weight is 280 g/mol. The van der Waals surface area contributed by atoms with E-state index in [0.29, 0.717) is 12.5 Å². The summed E-state index contributed by atoms with van der Waals surface area (Å²) in [6, 6.07) is 0.876. The molecule has 1 aromatic heterocycles. The van der Waals surface area contributed by atoms with Gasteiger partial charge in [0.2, 0.25) is 5.28 Å². The summed E-state index contributed by atoms with van der Waals surface area (Å²) >= 11 is 5.48. The summed E-state index contributed by atoms with van der Waals surface area (Å²) in [5.74, 6) is 0.575. The highest BCUT2D eigenvalue weighted by atomic mass is 35.5. The third kappa shape index (κ3) is 3.04. The molecule has 1 unspecified atom stereocenters. The van der Waals surface area contributed by atoms with Crippen molar-refractivity contribution in [3.8, 4) is 0 Å². The minimum Gasteiger partial charge on any atom is -0.370 e. The number of halogens is 4.